The maximum absolute atomic E-state index is 11.9. The molecule has 0 bridgehead atoms. The second-order valence-electron chi connectivity index (χ2n) is 6.78. The predicted octanol–water partition coefficient (Wildman–Crippen LogP) is 3.89. The van der Waals surface area contributed by atoms with Crippen molar-refractivity contribution in [2.24, 2.45) is 5.92 Å². The van der Waals surface area contributed by atoms with E-state index in [0.29, 0.717) is 12.3 Å². The zero-order valence-corrected chi connectivity index (χ0v) is 14.2. The maximum atomic E-state index is 11.9. The fourth-order valence-electron chi connectivity index (χ4n) is 2.70. The first-order valence-corrected chi connectivity index (χ1v) is 8.31. The largest absolute Gasteiger partial charge is 0.444 e. The highest BCUT2D eigenvalue weighted by Crippen LogP contribution is 2.32. The monoisotopic (exact) mass is 305 g/mol. The summed E-state index contributed by atoms with van der Waals surface area (Å²) in [6, 6.07) is 0. The van der Waals surface area contributed by atoms with Crippen LogP contribution < -0.4 is 5.32 Å². The van der Waals surface area contributed by atoms with Crippen LogP contribution in [0.5, 0.6) is 0 Å². The predicted molar refractivity (Wildman–Crippen MR) is 80.4 cm³/mol. The first-order valence-electron chi connectivity index (χ1n) is 7.37. The standard InChI is InChI=1S/C14H28NO4P/c1-13(2,3)18-12(16)15-14(4,19-20-17)10-11-8-6-5-7-9-11/h11H,5-10,20H2,1-4H3,(H,15,16). The minimum atomic E-state index is -1.37. The van der Waals surface area contributed by atoms with Crippen LogP contribution in [-0.2, 0) is 13.8 Å². The van der Waals surface area contributed by atoms with Crippen molar-refractivity contribution in [1.29, 1.82) is 0 Å². The average molecular weight is 305 g/mol. The maximum Gasteiger partial charge on any atom is 0.409 e. The molecule has 1 amide bonds. The van der Waals surface area contributed by atoms with Gasteiger partial charge in [0.1, 0.15) is 11.3 Å². The van der Waals surface area contributed by atoms with Gasteiger partial charge < -0.3 is 9.26 Å². The van der Waals surface area contributed by atoms with Gasteiger partial charge in [-0.3, -0.25) is 9.88 Å². The molecular weight excluding hydrogens is 277 g/mol. The van der Waals surface area contributed by atoms with Crippen molar-refractivity contribution < 1.29 is 18.6 Å². The van der Waals surface area contributed by atoms with E-state index < -0.39 is 26.1 Å². The molecule has 0 saturated heterocycles. The second kappa shape index (κ2) is 7.46. The molecule has 1 fully saturated rings. The Morgan fingerprint density at radius 3 is 2.30 bits per heavy atom. The van der Waals surface area contributed by atoms with Gasteiger partial charge in [0.25, 0.3) is 0 Å². The lowest BCUT2D eigenvalue weighted by Gasteiger charge is -2.34. The van der Waals surface area contributed by atoms with E-state index in [4.69, 9.17) is 9.26 Å². The van der Waals surface area contributed by atoms with Gasteiger partial charge >= 0.3 is 6.09 Å². The molecule has 1 aliphatic rings. The second-order valence-corrected chi connectivity index (χ2v) is 7.21. The van der Waals surface area contributed by atoms with Crippen LogP contribution >= 0.6 is 8.69 Å². The van der Waals surface area contributed by atoms with Crippen LogP contribution in [0.25, 0.3) is 0 Å². The third-order valence-corrected chi connectivity index (χ3v) is 4.09. The fourth-order valence-corrected chi connectivity index (χ4v) is 3.06. The number of carbonyl (C=O) groups excluding carboxylic acids is 1. The van der Waals surface area contributed by atoms with Crippen LogP contribution in [0.1, 0.15) is 66.2 Å². The summed E-state index contributed by atoms with van der Waals surface area (Å²) < 4.78 is 21.5. The Balaban J connectivity index is 2.60. The Kier molecular flexibility index (Phi) is 6.53. The van der Waals surface area contributed by atoms with Gasteiger partial charge in [-0.25, -0.2) is 4.79 Å². The molecule has 1 aliphatic carbocycles. The van der Waals surface area contributed by atoms with E-state index in [2.05, 4.69) is 5.32 Å². The van der Waals surface area contributed by atoms with Gasteiger partial charge in [0.2, 0.25) is 0 Å². The third-order valence-electron chi connectivity index (χ3n) is 3.48. The highest BCUT2D eigenvalue weighted by atomic mass is 31.1. The summed E-state index contributed by atoms with van der Waals surface area (Å²) in [4.78, 5) is 11.9. The number of hydrogen-bond donors (Lipinski definition) is 1. The van der Waals surface area contributed by atoms with E-state index in [1.54, 1.807) is 6.92 Å². The van der Waals surface area contributed by atoms with Gasteiger partial charge in [0.05, 0.1) is 0 Å². The number of carbonyl (C=O) groups is 1. The number of alkyl carbamates (subject to hydrolysis) is 1. The number of rotatable bonds is 5. The minimum Gasteiger partial charge on any atom is -0.444 e. The summed E-state index contributed by atoms with van der Waals surface area (Å²) in [5.74, 6) is 0.509. The Morgan fingerprint density at radius 2 is 1.80 bits per heavy atom. The summed E-state index contributed by atoms with van der Waals surface area (Å²) in [5, 5.41) is 2.74. The molecule has 0 spiro atoms. The van der Waals surface area contributed by atoms with Crippen LogP contribution in [0.2, 0.25) is 0 Å². The molecule has 2 atom stereocenters. The molecule has 1 rings (SSSR count). The Morgan fingerprint density at radius 1 is 1.20 bits per heavy atom. The van der Waals surface area contributed by atoms with Gasteiger partial charge in [-0.15, -0.1) is 0 Å². The Labute approximate surface area is 123 Å². The molecule has 6 heteroatoms. The molecule has 0 aromatic carbocycles. The smallest absolute Gasteiger partial charge is 0.409 e. The van der Waals surface area contributed by atoms with Crippen molar-refractivity contribution in [3.05, 3.63) is 0 Å². The minimum absolute atomic E-state index is 0.509. The normalized spacial score (nSPS) is 20.8. The zero-order chi connectivity index (χ0) is 15.2. The molecule has 0 radical (unpaired) electrons. The van der Waals surface area contributed by atoms with E-state index in [-0.39, 0.29) is 0 Å². The molecule has 0 heterocycles. The summed E-state index contributed by atoms with van der Waals surface area (Å²) in [6.07, 6.45) is 6.16. The number of ether oxygens (including phenoxy) is 1. The van der Waals surface area contributed by atoms with Crippen molar-refractivity contribution in [2.45, 2.75) is 77.5 Å². The molecule has 0 aromatic rings. The fraction of sp³-hybridized carbons (Fsp3) is 0.929. The zero-order valence-electron chi connectivity index (χ0n) is 13.0. The molecule has 5 nitrogen and oxygen atoms in total. The number of nitrogens with one attached hydrogen (secondary N) is 1. The summed E-state index contributed by atoms with van der Waals surface area (Å²) in [6.45, 7) is 7.21. The molecule has 2 unspecified atom stereocenters. The van der Waals surface area contributed by atoms with Crippen LogP contribution in [0.15, 0.2) is 0 Å². The molecule has 0 aliphatic heterocycles. The molecule has 1 saturated carbocycles. The van der Waals surface area contributed by atoms with E-state index in [1.165, 1.54) is 19.3 Å². The van der Waals surface area contributed by atoms with Crippen molar-refractivity contribution in [1.82, 2.24) is 5.32 Å². The van der Waals surface area contributed by atoms with Crippen LogP contribution in [0, 0.1) is 5.92 Å². The van der Waals surface area contributed by atoms with Crippen molar-refractivity contribution in [2.75, 3.05) is 0 Å². The van der Waals surface area contributed by atoms with E-state index in [0.717, 1.165) is 12.8 Å². The van der Waals surface area contributed by atoms with Crippen LogP contribution in [0.3, 0.4) is 0 Å². The summed E-state index contributed by atoms with van der Waals surface area (Å²) in [5.41, 5.74) is -1.46. The van der Waals surface area contributed by atoms with Gasteiger partial charge in [-0.05, 0) is 40.0 Å². The Bertz CT molecular complexity index is 337. The summed E-state index contributed by atoms with van der Waals surface area (Å²) in [7, 11) is -1.37. The van der Waals surface area contributed by atoms with E-state index in [1.807, 2.05) is 20.8 Å². The lowest BCUT2D eigenvalue weighted by molar-refractivity contribution is 0.00320. The van der Waals surface area contributed by atoms with Gasteiger partial charge in [0.15, 0.2) is 8.69 Å². The molecule has 0 aromatic heterocycles. The molecule has 20 heavy (non-hydrogen) atoms. The molecular formula is C14H28NO4P. The van der Waals surface area contributed by atoms with E-state index in [9.17, 15) is 9.36 Å². The lowest BCUT2D eigenvalue weighted by Crippen LogP contribution is -2.49. The highest BCUT2D eigenvalue weighted by Gasteiger charge is 2.33. The first kappa shape index (κ1) is 17.5. The van der Waals surface area contributed by atoms with Crippen molar-refractivity contribution in [3.8, 4) is 0 Å². The SMILES string of the molecule is CC(C)(C)OC(=O)NC(C)(CC1CCCCC1)O[PH2]=O. The Hall–Kier alpha value is -0.540. The first-order chi connectivity index (χ1) is 9.24. The average Bonchev–Trinajstić information content (AvgIpc) is 2.26. The lowest BCUT2D eigenvalue weighted by atomic mass is 9.84. The number of amides is 1. The van der Waals surface area contributed by atoms with Crippen molar-refractivity contribution in [3.63, 3.8) is 0 Å². The topological polar surface area (TPSA) is 64.6 Å². The quantitative estimate of drug-likeness (QED) is 0.618. The third kappa shape index (κ3) is 6.76. The van der Waals surface area contributed by atoms with Gasteiger partial charge in [0, 0.05) is 0 Å². The van der Waals surface area contributed by atoms with E-state index >= 15 is 0 Å². The van der Waals surface area contributed by atoms with Gasteiger partial charge in [-0.2, -0.15) is 0 Å². The van der Waals surface area contributed by atoms with Crippen LogP contribution in [0.4, 0.5) is 4.79 Å². The number of hydrogen-bond acceptors (Lipinski definition) is 4. The highest BCUT2D eigenvalue weighted by molar-refractivity contribution is 7.17. The summed E-state index contributed by atoms with van der Waals surface area (Å²) >= 11 is 0. The van der Waals surface area contributed by atoms with Crippen LogP contribution in [-0.4, -0.2) is 17.4 Å². The molecule has 1 N–H and O–H groups in total. The molecule has 118 valence electrons. The van der Waals surface area contributed by atoms with Crippen molar-refractivity contribution >= 4 is 14.8 Å². The van der Waals surface area contributed by atoms with Gasteiger partial charge in [-0.1, -0.05) is 32.1 Å².